The van der Waals surface area contributed by atoms with Crippen LogP contribution in [0.2, 0.25) is 0 Å². The number of esters is 4. The fourth-order valence-corrected chi connectivity index (χ4v) is 12.2. The molecule has 0 aromatic carbocycles. The van der Waals surface area contributed by atoms with Crippen molar-refractivity contribution in [2.45, 2.75) is 352 Å². The van der Waals surface area contributed by atoms with E-state index in [4.69, 9.17) is 23.7 Å². The van der Waals surface area contributed by atoms with E-state index in [0.717, 1.165) is 77.0 Å². The molecule has 2 fully saturated rings. The molecule has 2 rings (SSSR count). The van der Waals surface area contributed by atoms with Crippen molar-refractivity contribution >= 4 is 35.6 Å². The van der Waals surface area contributed by atoms with Gasteiger partial charge in [-0.2, -0.15) is 0 Å². The molecule has 7 atom stereocenters. The van der Waals surface area contributed by atoms with Gasteiger partial charge in [-0.05, 0) is 43.9 Å². The highest BCUT2D eigenvalue weighted by Crippen LogP contribution is 2.49. The van der Waals surface area contributed by atoms with Gasteiger partial charge < -0.3 is 28.8 Å². The van der Waals surface area contributed by atoms with Gasteiger partial charge in [0.05, 0.1) is 6.10 Å². The Morgan fingerprint density at radius 3 is 1.08 bits per heavy atom. The molecule has 1 heterocycles. The molecule has 0 radical (unpaired) electrons. The molecule has 1 N–H and O–H groups in total. The third kappa shape index (κ3) is 31.9. The van der Waals surface area contributed by atoms with Crippen LogP contribution in [0.15, 0.2) is 0 Å². The molecule has 11 heteroatoms. The molecule has 10 nitrogen and oxygen atoms in total. The minimum atomic E-state index is -1.18. The highest BCUT2D eigenvalue weighted by Gasteiger charge is 2.55. The predicted molar refractivity (Wildman–Crippen MR) is 297 cm³/mol. The van der Waals surface area contributed by atoms with Gasteiger partial charge in [0.2, 0.25) is 0 Å². The summed E-state index contributed by atoms with van der Waals surface area (Å²) in [6, 6.07) is 0. The number of thioether (sulfide) groups is 1. The molecule has 422 valence electrons. The van der Waals surface area contributed by atoms with Crippen molar-refractivity contribution in [2.24, 2.45) is 5.41 Å². The SMILES string of the molecule is CCCCCCCCCCCC(=O)OC[C@H]1O[C@@H](S[C@H]2CC(O)CC2(C)C)[C@H](OC(=O)CCCCCCCCCCC)[C@@H](OC(=O)CCCCCCCCCCC)[C@H]1OC(=O)CCCCCCCCCCC. The smallest absolute Gasteiger partial charge is 0.306 e. The van der Waals surface area contributed by atoms with Crippen LogP contribution in [-0.2, 0) is 42.9 Å². The normalized spacial score (nSPS) is 21.7. The van der Waals surface area contributed by atoms with E-state index >= 15 is 0 Å². The van der Waals surface area contributed by atoms with Crippen molar-refractivity contribution in [3.63, 3.8) is 0 Å². The van der Waals surface area contributed by atoms with E-state index in [0.29, 0.717) is 32.1 Å². The Bertz CT molecular complexity index is 1360. The number of carbonyl (C=O) groups is 4. The predicted octanol–water partition coefficient (Wildman–Crippen LogP) is 17.0. The maximum absolute atomic E-state index is 14.1. The summed E-state index contributed by atoms with van der Waals surface area (Å²) in [5, 5.41) is 10.8. The monoisotopic (exact) mass is 1040 g/mol. The minimum absolute atomic E-state index is 0.0741. The summed E-state index contributed by atoms with van der Waals surface area (Å²) in [5.41, 5.74) is -1.11. The lowest BCUT2D eigenvalue weighted by Gasteiger charge is -2.45. The van der Waals surface area contributed by atoms with E-state index < -0.39 is 53.9 Å². The topological polar surface area (TPSA) is 135 Å². The van der Waals surface area contributed by atoms with E-state index in [1.54, 1.807) is 0 Å². The van der Waals surface area contributed by atoms with Crippen LogP contribution in [-0.4, -0.2) is 76.8 Å². The molecular weight excluding hydrogens is 925 g/mol. The molecule has 0 spiro atoms. The molecule has 0 amide bonds. The number of aliphatic hydroxyl groups is 1. The highest BCUT2D eigenvalue weighted by atomic mass is 32.2. The van der Waals surface area contributed by atoms with Gasteiger partial charge in [-0.1, -0.05) is 247 Å². The Labute approximate surface area is 446 Å². The molecule has 1 saturated carbocycles. The average molecular weight is 1040 g/mol. The van der Waals surface area contributed by atoms with Crippen LogP contribution in [0.1, 0.15) is 311 Å². The minimum Gasteiger partial charge on any atom is -0.463 e. The zero-order valence-electron chi connectivity index (χ0n) is 47.5. The van der Waals surface area contributed by atoms with Crippen molar-refractivity contribution in [1.29, 1.82) is 0 Å². The largest absolute Gasteiger partial charge is 0.463 e. The van der Waals surface area contributed by atoms with E-state index in [1.165, 1.54) is 147 Å². The molecule has 0 bridgehead atoms. The summed E-state index contributed by atoms with van der Waals surface area (Å²) in [7, 11) is 0. The molecule has 0 aromatic heterocycles. The van der Waals surface area contributed by atoms with E-state index in [2.05, 4.69) is 41.5 Å². The summed E-state index contributed by atoms with van der Waals surface area (Å²) < 4.78 is 32.1. The first kappa shape index (κ1) is 66.3. The number of carbonyl (C=O) groups excluding carboxylic acids is 4. The van der Waals surface area contributed by atoms with Crippen LogP contribution in [0, 0.1) is 5.41 Å². The molecular formula is C61H112O10S. The Hall–Kier alpha value is -1.85. The maximum atomic E-state index is 14.1. The fraction of sp³-hybridized carbons (Fsp3) is 0.934. The van der Waals surface area contributed by atoms with Gasteiger partial charge in [0.1, 0.15) is 18.1 Å². The zero-order valence-corrected chi connectivity index (χ0v) is 48.3. The summed E-state index contributed by atoms with van der Waals surface area (Å²) in [6.45, 7) is 13.0. The standard InChI is InChI=1S/C61H112O10S/c1-7-11-15-19-23-27-31-35-39-43-53(63)67-49-51-57(69-54(64)44-40-36-32-28-24-20-16-12-8-2)58(70-55(65)45-41-37-33-29-25-21-17-13-9-3)59(60(68-51)72-52-47-50(62)48-61(52,5)6)71-56(66)46-42-38-34-30-26-22-18-14-10-4/h50-52,57-60,62H,7-49H2,1-6H3/t50?,51-,52+,57+,58+,59-,60+/m1/s1. The molecule has 0 aromatic rings. The second-order valence-corrected chi connectivity index (χ2v) is 23.9. The number of ether oxygens (including phenoxy) is 5. The van der Waals surface area contributed by atoms with Gasteiger partial charge >= 0.3 is 23.9 Å². The third-order valence-electron chi connectivity index (χ3n) is 15.2. The van der Waals surface area contributed by atoms with Gasteiger partial charge in [0.25, 0.3) is 0 Å². The first-order chi connectivity index (χ1) is 34.9. The lowest BCUT2D eigenvalue weighted by atomic mass is 9.91. The quantitative estimate of drug-likeness (QED) is 0.0355. The van der Waals surface area contributed by atoms with Crippen LogP contribution in [0.5, 0.6) is 0 Å². The fourth-order valence-electron chi connectivity index (χ4n) is 10.5. The Kier molecular flexibility index (Phi) is 39.8. The molecule has 1 unspecified atom stereocenters. The average Bonchev–Trinajstić information content (AvgIpc) is 3.61. The zero-order chi connectivity index (χ0) is 52.5. The molecule has 1 aliphatic carbocycles. The summed E-state index contributed by atoms with van der Waals surface area (Å²) in [6.07, 6.45) is 37.2. The second kappa shape index (κ2) is 43.3. The third-order valence-corrected chi connectivity index (χ3v) is 17.0. The van der Waals surface area contributed by atoms with Crippen LogP contribution in [0.3, 0.4) is 0 Å². The van der Waals surface area contributed by atoms with Gasteiger partial charge in [0.15, 0.2) is 18.3 Å². The first-order valence-electron chi connectivity index (χ1n) is 30.7. The molecule has 1 saturated heterocycles. The second-order valence-electron chi connectivity index (χ2n) is 22.6. The highest BCUT2D eigenvalue weighted by molar-refractivity contribution is 8.00. The van der Waals surface area contributed by atoms with E-state index in [-0.39, 0.29) is 48.9 Å². The maximum Gasteiger partial charge on any atom is 0.306 e. The molecule has 1 aliphatic heterocycles. The van der Waals surface area contributed by atoms with Gasteiger partial charge in [-0.15, -0.1) is 11.8 Å². The lowest BCUT2D eigenvalue weighted by molar-refractivity contribution is -0.239. The lowest BCUT2D eigenvalue weighted by Crippen LogP contribution is -2.62. The number of aliphatic hydroxyl groups excluding tert-OH is 1. The van der Waals surface area contributed by atoms with Crippen LogP contribution in [0.4, 0.5) is 0 Å². The van der Waals surface area contributed by atoms with Crippen molar-refractivity contribution in [3.05, 3.63) is 0 Å². The van der Waals surface area contributed by atoms with Crippen molar-refractivity contribution in [3.8, 4) is 0 Å². The van der Waals surface area contributed by atoms with Crippen LogP contribution >= 0.6 is 11.8 Å². The van der Waals surface area contributed by atoms with E-state index in [9.17, 15) is 24.3 Å². The first-order valence-corrected chi connectivity index (χ1v) is 31.6. The Morgan fingerprint density at radius 2 is 0.750 bits per heavy atom. The van der Waals surface area contributed by atoms with E-state index in [1.807, 2.05) is 0 Å². The van der Waals surface area contributed by atoms with Gasteiger partial charge in [-0.25, -0.2) is 0 Å². The molecule has 72 heavy (non-hydrogen) atoms. The number of hydrogen-bond acceptors (Lipinski definition) is 11. The number of hydrogen-bond donors (Lipinski definition) is 1. The summed E-state index contributed by atoms with van der Waals surface area (Å²) in [4.78, 5) is 55.3. The summed E-state index contributed by atoms with van der Waals surface area (Å²) >= 11 is 1.48. The Balaban J connectivity index is 2.37. The van der Waals surface area contributed by atoms with Crippen molar-refractivity contribution in [1.82, 2.24) is 0 Å². The van der Waals surface area contributed by atoms with Crippen molar-refractivity contribution in [2.75, 3.05) is 6.61 Å². The Morgan fingerprint density at radius 1 is 0.444 bits per heavy atom. The van der Waals surface area contributed by atoms with Crippen LogP contribution in [0.25, 0.3) is 0 Å². The summed E-state index contributed by atoms with van der Waals surface area (Å²) in [5.74, 6) is -1.64. The van der Waals surface area contributed by atoms with Gasteiger partial charge in [0, 0.05) is 30.9 Å². The van der Waals surface area contributed by atoms with Crippen LogP contribution < -0.4 is 0 Å². The van der Waals surface area contributed by atoms with Crippen molar-refractivity contribution < 1.29 is 48.0 Å². The number of rotatable bonds is 47. The number of unbranched alkanes of at least 4 members (excludes halogenated alkanes) is 32. The molecule has 2 aliphatic rings. The van der Waals surface area contributed by atoms with Gasteiger partial charge in [-0.3, -0.25) is 19.2 Å².